The number of hydrogen-bond donors (Lipinski definition) is 1. The number of benzene rings is 1. The van der Waals surface area contributed by atoms with E-state index in [-0.39, 0.29) is 6.04 Å². The van der Waals surface area contributed by atoms with E-state index in [1.807, 2.05) is 18.4 Å². The van der Waals surface area contributed by atoms with Gasteiger partial charge in [-0.3, -0.25) is 4.79 Å². The smallest absolute Gasteiger partial charge is 0.331 e. The van der Waals surface area contributed by atoms with Crippen molar-refractivity contribution in [1.82, 2.24) is 4.90 Å². The SMILES string of the molecule is CSc1ccc(C(C(=O)O)N(C=O)C(C)C)cc1. The Hall–Kier alpha value is -1.49. The molecule has 1 rings (SSSR count). The van der Waals surface area contributed by atoms with Gasteiger partial charge >= 0.3 is 5.97 Å². The Bertz CT molecular complexity index is 417. The number of carbonyl (C=O) groups excluding carboxylic acids is 1. The van der Waals surface area contributed by atoms with Gasteiger partial charge in [0.25, 0.3) is 0 Å². The van der Waals surface area contributed by atoms with Crippen molar-refractivity contribution in [2.24, 2.45) is 0 Å². The van der Waals surface area contributed by atoms with Gasteiger partial charge in [-0.05, 0) is 37.8 Å². The highest BCUT2D eigenvalue weighted by atomic mass is 32.2. The third-order valence-corrected chi connectivity index (χ3v) is 3.43. The lowest BCUT2D eigenvalue weighted by Gasteiger charge is -2.28. The van der Waals surface area contributed by atoms with Gasteiger partial charge in [-0.1, -0.05) is 12.1 Å². The van der Waals surface area contributed by atoms with E-state index in [0.717, 1.165) is 4.90 Å². The summed E-state index contributed by atoms with van der Waals surface area (Å²) in [5.74, 6) is -1.02. The van der Waals surface area contributed by atoms with Crippen LogP contribution in [0.2, 0.25) is 0 Å². The molecule has 18 heavy (non-hydrogen) atoms. The minimum absolute atomic E-state index is 0.163. The van der Waals surface area contributed by atoms with E-state index >= 15 is 0 Å². The molecule has 4 nitrogen and oxygen atoms in total. The van der Waals surface area contributed by atoms with Gasteiger partial charge in [0, 0.05) is 10.9 Å². The van der Waals surface area contributed by atoms with Crippen molar-refractivity contribution in [2.75, 3.05) is 6.26 Å². The fourth-order valence-corrected chi connectivity index (χ4v) is 2.12. The van der Waals surface area contributed by atoms with Crippen LogP contribution in [-0.2, 0) is 9.59 Å². The first-order valence-electron chi connectivity index (χ1n) is 5.60. The van der Waals surface area contributed by atoms with Crippen molar-refractivity contribution < 1.29 is 14.7 Å². The van der Waals surface area contributed by atoms with Gasteiger partial charge in [-0.25, -0.2) is 4.79 Å². The lowest BCUT2D eigenvalue weighted by molar-refractivity contribution is -0.147. The van der Waals surface area contributed by atoms with E-state index in [1.54, 1.807) is 37.7 Å². The molecule has 0 aromatic heterocycles. The van der Waals surface area contributed by atoms with E-state index in [0.29, 0.717) is 12.0 Å². The number of carbonyl (C=O) groups is 2. The summed E-state index contributed by atoms with van der Waals surface area (Å²) >= 11 is 1.59. The first-order chi connectivity index (χ1) is 8.51. The number of hydrogen-bond acceptors (Lipinski definition) is 3. The molecule has 0 saturated heterocycles. The predicted octanol–water partition coefficient (Wildman–Crippen LogP) is 2.40. The Morgan fingerprint density at radius 2 is 1.89 bits per heavy atom. The molecule has 0 saturated carbocycles. The third-order valence-electron chi connectivity index (χ3n) is 2.68. The molecule has 1 aromatic rings. The molecule has 98 valence electrons. The minimum Gasteiger partial charge on any atom is -0.479 e. The van der Waals surface area contributed by atoms with Crippen molar-refractivity contribution in [1.29, 1.82) is 0 Å². The van der Waals surface area contributed by atoms with Crippen LogP contribution < -0.4 is 0 Å². The number of rotatable bonds is 6. The van der Waals surface area contributed by atoms with Crippen LogP contribution in [0, 0.1) is 0 Å². The normalized spacial score (nSPS) is 12.2. The predicted molar refractivity (Wildman–Crippen MR) is 71.6 cm³/mol. The molecule has 0 fully saturated rings. The summed E-state index contributed by atoms with van der Waals surface area (Å²) in [6.45, 7) is 3.58. The third kappa shape index (κ3) is 3.26. The topological polar surface area (TPSA) is 57.6 Å². The first kappa shape index (κ1) is 14.6. The van der Waals surface area contributed by atoms with Gasteiger partial charge in [-0.2, -0.15) is 0 Å². The van der Waals surface area contributed by atoms with Crippen LogP contribution in [-0.4, -0.2) is 34.7 Å². The summed E-state index contributed by atoms with van der Waals surface area (Å²) < 4.78 is 0. The van der Waals surface area contributed by atoms with E-state index in [9.17, 15) is 14.7 Å². The van der Waals surface area contributed by atoms with Gasteiger partial charge in [0.05, 0.1) is 0 Å². The number of nitrogens with zero attached hydrogens (tertiary/aromatic N) is 1. The van der Waals surface area contributed by atoms with Crippen molar-refractivity contribution in [2.45, 2.75) is 30.8 Å². The van der Waals surface area contributed by atoms with Gasteiger partial charge in [0.1, 0.15) is 0 Å². The van der Waals surface area contributed by atoms with Crippen molar-refractivity contribution in [3.63, 3.8) is 0 Å². The number of aliphatic carboxylic acids is 1. The molecule has 0 bridgehead atoms. The average molecular weight is 267 g/mol. The maximum Gasteiger partial charge on any atom is 0.331 e. The van der Waals surface area contributed by atoms with Crippen molar-refractivity contribution in [3.05, 3.63) is 29.8 Å². The maximum absolute atomic E-state index is 11.4. The molecular weight excluding hydrogens is 250 g/mol. The second kappa shape index (κ2) is 6.44. The molecule has 1 amide bonds. The standard InChI is InChI=1S/C13H17NO3S/c1-9(2)14(8-15)12(13(16)17)10-4-6-11(18-3)7-5-10/h4-9,12H,1-3H3,(H,16,17). The number of carboxylic acid groups (broad SMARTS) is 1. The van der Waals surface area contributed by atoms with Crippen LogP contribution in [0.3, 0.4) is 0 Å². The van der Waals surface area contributed by atoms with Crippen molar-refractivity contribution >= 4 is 24.1 Å². The molecular formula is C13H17NO3S. The fraction of sp³-hybridized carbons (Fsp3) is 0.385. The Labute approximate surface area is 111 Å². The molecule has 0 spiro atoms. The Balaban J connectivity index is 3.10. The highest BCUT2D eigenvalue weighted by Gasteiger charge is 2.28. The van der Waals surface area contributed by atoms with Gasteiger partial charge in [0.2, 0.25) is 6.41 Å². The molecule has 0 aliphatic rings. The number of amides is 1. The Kier molecular flexibility index (Phi) is 5.22. The highest BCUT2D eigenvalue weighted by Crippen LogP contribution is 2.24. The average Bonchev–Trinajstić information content (AvgIpc) is 2.35. The van der Waals surface area contributed by atoms with Crippen LogP contribution >= 0.6 is 11.8 Å². The van der Waals surface area contributed by atoms with Crippen LogP contribution in [0.15, 0.2) is 29.2 Å². The van der Waals surface area contributed by atoms with Crippen molar-refractivity contribution in [3.8, 4) is 0 Å². The molecule has 0 heterocycles. The molecule has 1 unspecified atom stereocenters. The molecule has 1 aromatic carbocycles. The zero-order chi connectivity index (χ0) is 13.7. The zero-order valence-electron chi connectivity index (χ0n) is 10.7. The summed E-state index contributed by atoms with van der Waals surface area (Å²) in [6, 6.07) is 6.13. The lowest BCUT2D eigenvalue weighted by atomic mass is 10.0. The van der Waals surface area contributed by atoms with Crippen LogP contribution in [0.5, 0.6) is 0 Å². The largest absolute Gasteiger partial charge is 0.479 e. The van der Waals surface area contributed by atoms with Gasteiger partial charge in [0.15, 0.2) is 6.04 Å². The maximum atomic E-state index is 11.4. The van der Waals surface area contributed by atoms with Gasteiger partial charge in [-0.15, -0.1) is 11.8 Å². The second-order valence-corrected chi connectivity index (χ2v) is 5.04. The molecule has 0 aliphatic carbocycles. The first-order valence-corrected chi connectivity index (χ1v) is 6.83. The van der Waals surface area contributed by atoms with Crippen LogP contribution in [0.4, 0.5) is 0 Å². The van der Waals surface area contributed by atoms with Crippen LogP contribution in [0.25, 0.3) is 0 Å². The summed E-state index contributed by atoms with van der Waals surface area (Å²) in [4.78, 5) is 24.8. The van der Waals surface area contributed by atoms with E-state index in [2.05, 4.69) is 0 Å². The highest BCUT2D eigenvalue weighted by molar-refractivity contribution is 7.98. The van der Waals surface area contributed by atoms with E-state index in [4.69, 9.17) is 0 Å². The summed E-state index contributed by atoms with van der Waals surface area (Å²) in [6.07, 6.45) is 2.54. The van der Waals surface area contributed by atoms with Gasteiger partial charge < -0.3 is 10.0 Å². The molecule has 1 atom stereocenters. The number of thioether (sulfide) groups is 1. The lowest BCUT2D eigenvalue weighted by Crippen LogP contribution is -2.38. The Morgan fingerprint density at radius 3 is 2.22 bits per heavy atom. The molecule has 1 N–H and O–H groups in total. The monoisotopic (exact) mass is 267 g/mol. The van der Waals surface area contributed by atoms with E-state index < -0.39 is 12.0 Å². The molecule has 0 aliphatic heterocycles. The summed E-state index contributed by atoms with van der Waals surface area (Å²) in [5.41, 5.74) is 0.612. The fourth-order valence-electron chi connectivity index (χ4n) is 1.71. The summed E-state index contributed by atoms with van der Waals surface area (Å²) in [5, 5.41) is 9.30. The Morgan fingerprint density at radius 1 is 1.33 bits per heavy atom. The molecule has 5 heteroatoms. The zero-order valence-corrected chi connectivity index (χ0v) is 11.5. The van der Waals surface area contributed by atoms with E-state index in [1.165, 1.54) is 4.90 Å². The minimum atomic E-state index is -1.02. The summed E-state index contributed by atoms with van der Waals surface area (Å²) in [7, 11) is 0. The second-order valence-electron chi connectivity index (χ2n) is 4.16. The number of carboxylic acids is 1. The molecule has 0 radical (unpaired) electrons. The quantitative estimate of drug-likeness (QED) is 0.635. The van der Waals surface area contributed by atoms with Crippen LogP contribution in [0.1, 0.15) is 25.5 Å².